The van der Waals surface area contributed by atoms with Crippen LogP contribution < -0.4 is 4.74 Å². The summed E-state index contributed by atoms with van der Waals surface area (Å²) in [5, 5.41) is 0. The predicted molar refractivity (Wildman–Crippen MR) is 120 cm³/mol. The van der Waals surface area contributed by atoms with Gasteiger partial charge in [-0.2, -0.15) is 0 Å². The summed E-state index contributed by atoms with van der Waals surface area (Å²) >= 11 is 0. The van der Waals surface area contributed by atoms with Gasteiger partial charge in [-0.05, 0) is 25.5 Å². The quantitative estimate of drug-likeness (QED) is 0.728. The minimum absolute atomic E-state index is 0.312. The third-order valence-electron chi connectivity index (χ3n) is 6.05. The van der Waals surface area contributed by atoms with Crippen molar-refractivity contribution in [1.82, 2.24) is 14.4 Å². The van der Waals surface area contributed by atoms with Gasteiger partial charge in [0.15, 0.2) is 11.6 Å². The van der Waals surface area contributed by atoms with Gasteiger partial charge in [0, 0.05) is 56.4 Å². The van der Waals surface area contributed by atoms with Crippen molar-refractivity contribution < 1.29 is 9.53 Å². The summed E-state index contributed by atoms with van der Waals surface area (Å²) in [6.45, 7) is 13.4. The summed E-state index contributed by atoms with van der Waals surface area (Å²) in [6.07, 6.45) is 3.23. The Morgan fingerprint density at radius 2 is 1.90 bits per heavy atom. The number of amidine groups is 1. The molecule has 6 nitrogen and oxygen atoms in total. The molecule has 6 heteroatoms. The van der Waals surface area contributed by atoms with E-state index in [0.717, 1.165) is 74.1 Å². The Morgan fingerprint density at radius 1 is 1.17 bits per heavy atom. The van der Waals surface area contributed by atoms with Crippen molar-refractivity contribution in [3.05, 3.63) is 46.8 Å². The van der Waals surface area contributed by atoms with E-state index in [1.807, 2.05) is 13.8 Å². The van der Waals surface area contributed by atoms with Crippen LogP contribution in [-0.2, 0) is 11.3 Å². The number of aldehydes is 1. The lowest BCUT2D eigenvalue weighted by atomic mass is 9.95. The molecule has 3 heterocycles. The smallest absolute Gasteiger partial charge is 0.157 e. The number of aryl methyl sites for hydroxylation is 2. The number of methoxy groups -OCH3 is 1. The Morgan fingerprint density at radius 3 is 2.57 bits per heavy atom. The first-order chi connectivity index (χ1) is 14.3. The van der Waals surface area contributed by atoms with Crippen LogP contribution in [-0.4, -0.2) is 66.3 Å². The molecule has 1 fully saturated rings. The van der Waals surface area contributed by atoms with E-state index in [4.69, 9.17) is 9.73 Å². The zero-order valence-electron chi connectivity index (χ0n) is 18.7. The van der Waals surface area contributed by atoms with Gasteiger partial charge in [0.25, 0.3) is 0 Å². The number of carbonyl (C=O) groups excluding carboxylic acids is 1. The minimum atomic E-state index is -0.312. The summed E-state index contributed by atoms with van der Waals surface area (Å²) in [4.78, 5) is 21.2. The molecule has 2 aliphatic heterocycles. The summed E-state index contributed by atoms with van der Waals surface area (Å²) in [6, 6.07) is 6.48. The molecule has 0 amide bonds. The molecule has 0 saturated carbocycles. The molecule has 160 valence electrons. The minimum Gasteiger partial charge on any atom is -0.494 e. The highest BCUT2D eigenvalue weighted by Gasteiger charge is 2.30. The molecule has 1 aromatic carbocycles. The van der Waals surface area contributed by atoms with Gasteiger partial charge in [-0.15, -0.1) is 0 Å². The van der Waals surface area contributed by atoms with Crippen molar-refractivity contribution in [2.24, 2.45) is 10.4 Å². The number of fused-ring (bicyclic) bond motifs is 2. The molecule has 0 atom stereocenters. The lowest BCUT2D eigenvalue weighted by molar-refractivity contribution is -0.115. The van der Waals surface area contributed by atoms with E-state index in [2.05, 4.69) is 52.6 Å². The fourth-order valence-electron chi connectivity index (χ4n) is 4.54. The molecular formula is C24H32N4O2. The Labute approximate surface area is 179 Å². The third kappa shape index (κ3) is 3.88. The molecular weight excluding hydrogens is 376 g/mol. The fraction of sp³-hybridized carbons (Fsp3) is 0.500. The average molecular weight is 409 g/mol. The Bertz CT molecular complexity index is 981. The summed E-state index contributed by atoms with van der Waals surface area (Å²) in [5.74, 6) is 1.89. The molecule has 0 aliphatic carbocycles. The monoisotopic (exact) mass is 408 g/mol. The number of hydrogen-bond acceptors (Lipinski definition) is 5. The molecule has 2 aliphatic rings. The van der Waals surface area contributed by atoms with Crippen molar-refractivity contribution >= 4 is 17.8 Å². The maximum Gasteiger partial charge on any atom is 0.157 e. The second kappa shape index (κ2) is 7.91. The number of rotatable bonds is 4. The predicted octanol–water partition coefficient (Wildman–Crippen LogP) is 3.40. The van der Waals surface area contributed by atoms with Gasteiger partial charge in [-0.3, -0.25) is 4.90 Å². The van der Waals surface area contributed by atoms with E-state index in [1.165, 1.54) is 11.1 Å². The highest BCUT2D eigenvalue weighted by molar-refractivity contribution is 6.02. The maximum absolute atomic E-state index is 11.3. The molecule has 0 radical (unpaired) electrons. The molecule has 0 bridgehead atoms. The molecule has 30 heavy (non-hydrogen) atoms. The van der Waals surface area contributed by atoms with Crippen molar-refractivity contribution in [3.63, 3.8) is 0 Å². The van der Waals surface area contributed by atoms with E-state index < -0.39 is 0 Å². The molecule has 4 rings (SSSR count). The summed E-state index contributed by atoms with van der Waals surface area (Å²) in [5.41, 5.74) is 5.39. The molecule has 1 aromatic heterocycles. The first-order valence-corrected chi connectivity index (χ1v) is 10.7. The van der Waals surface area contributed by atoms with E-state index >= 15 is 0 Å². The molecule has 0 N–H and O–H groups in total. The largest absolute Gasteiger partial charge is 0.494 e. The number of carbonyl (C=O) groups is 1. The SMILES string of the molecule is COc1c(C)cn2c1C(N1CCN(CC(C)(C)C=O)CC1)=Nc1ccc(C)cc1C2. The van der Waals surface area contributed by atoms with Crippen molar-refractivity contribution in [1.29, 1.82) is 0 Å². The van der Waals surface area contributed by atoms with Gasteiger partial charge in [-0.1, -0.05) is 31.5 Å². The number of aliphatic imine (C=N–C) groups is 1. The summed E-state index contributed by atoms with van der Waals surface area (Å²) in [7, 11) is 1.74. The van der Waals surface area contributed by atoms with Crippen molar-refractivity contribution in [2.75, 3.05) is 39.8 Å². The standard InChI is InChI=1S/C24H32N4O2/c1-17-6-7-20-19(12-17)14-28-13-18(2)22(30-5)21(28)23(25-20)27-10-8-26(9-11-27)15-24(3,4)16-29/h6-7,12-13,16H,8-11,14-15H2,1-5H3. The van der Waals surface area contributed by atoms with Crippen LogP contribution in [0.15, 0.2) is 29.4 Å². The second-order valence-corrected chi connectivity index (χ2v) is 9.26. The van der Waals surface area contributed by atoms with Crippen LogP contribution in [0.4, 0.5) is 5.69 Å². The highest BCUT2D eigenvalue weighted by atomic mass is 16.5. The Kier molecular flexibility index (Phi) is 5.45. The van der Waals surface area contributed by atoms with Crippen LogP contribution >= 0.6 is 0 Å². The van der Waals surface area contributed by atoms with Gasteiger partial charge in [-0.25, -0.2) is 4.99 Å². The van der Waals surface area contributed by atoms with Gasteiger partial charge in [0.1, 0.15) is 12.0 Å². The molecule has 0 spiro atoms. The number of piperazine rings is 1. The lowest BCUT2D eigenvalue weighted by Gasteiger charge is -2.38. The Balaban J connectivity index is 1.68. The fourth-order valence-corrected chi connectivity index (χ4v) is 4.54. The zero-order valence-corrected chi connectivity index (χ0v) is 18.7. The first kappa shape index (κ1) is 20.7. The van der Waals surface area contributed by atoms with E-state index in [0.29, 0.717) is 0 Å². The number of benzene rings is 1. The topological polar surface area (TPSA) is 50.1 Å². The summed E-state index contributed by atoms with van der Waals surface area (Å²) < 4.78 is 8.08. The maximum atomic E-state index is 11.3. The molecule has 0 unspecified atom stereocenters. The normalized spacial score (nSPS) is 17.1. The highest BCUT2D eigenvalue weighted by Crippen LogP contribution is 2.34. The van der Waals surface area contributed by atoms with Crippen LogP contribution in [0.5, 0.6) is 5.75 Å². The van der Waals surface area contributed by atoms with E-state index in [9.17, 15) is 4.79 Å². The van der Waals surface area contributed by atoms with Crippen LogP contribution in [0.25, 0.3) is 0 Å². The number of ether oxygens (including phenoxy) is 1. The van der Waals surface area contributed by atoms with Gasteiger partial charge in [0.2, 0.25) is 0 Å². The Hall–Kier alpha value is -2.60. The second-order valence-electron chi connectivity index (χ2n) is 9.26. The van der Waals surface area contributed by atoms with Crippen LogP contribution in [0.3, 0.4) is 0 Å². The molecule has 2 aromatic rings. The average Bonchev–Trinajstić information content (AvgIpc) is 2.93. The number of hydrogen-bond donors (Lipinski definition) is 0. The van der Waals surface area contributed by atoms with Gasteiger partial charge < -0.3 is 19.0 Å². The van der Waals surface area contributed by atoms with Crippen molar-refractivity contribution in [2.45, 2.75) is 34.2 Å². The lowest BCUT2D eigenvalue weighted by Crippen LogP contribution is -2.51. The van der Waals surface area contributed by atoms with E-state index in [1.54, 1.807) is 7.11 Å². The van der Waals surface area contributed by atoms with Gasteiger partial charge in [0.05, 0.1) is 12.8 Å². The van der Waals surface area contributed by atoms with Crippen LogP contribution in [0.1, 0.15) is 36.2 Å². The number of aromatic nitrogens is 1. The first-order valence-electron chi connectivity index (χ1n) is 10.7. The number of nitrogens with zero attached hydrogens (tertiary/aromatic N) is 4. The van der Waals surface area contributed by atoms with Crippen molar-refractivity contribution in [3.8, 4) is 5.75 Å². The molecule has 1 saturated heterocycles. The third-order valence-corrected chi connectivity index (χ3v) is 6.05. The van der Waals surface area contributed by atoms with Crippen LogP contribution in [0.2, 0.25) is 0 Å². The zero-order chi connectivity index (χ0) is 21.5. The van der Waals surface area contributed by atoms with E-state index in [-0.39, 0.29) is 5.41 Å². The van der Waals surface area contributed by atoms with Crippen LogP contribution in [0, 0.1) is 19.3 Å². The van der Waals surface area contributed by atoms with Gasteiger partial charge >= 0.3 is 0 Å².